The number of carbonyl (C=O) groups excluding carboxylic acids is 1. The Morgan fingerprint density at radius 2 is 2.30 bits per heavy atom. The van der Waals surface area contributed by atoms with E-state index in [0.29, 0.717) is 12.2 Å². The van der Waals surface area contributed by atoms with E-state index in [0.717, 1.165) is 13.1 Å². The van der Waals surface area contributed by atoms with E-state index in [1.807, 2.05) is 6.92 Å². The number of piperazine rings is 1. The van der Waals surface area contributed by atoms with Crippen molar-refractivity contribution in [3.8, 4) is 5.69 Å². The van der Waals surface area contributed by atoms with Crippen molar-refractivity contribution in [3.63, 3.8) is 0 Å². The van der Waals surface area contributed by atoms with Gasteiger partial charge in [0.25, 0.3) is 11.6 Å². The highest BCUT2D eigenvalue weighted by Gasteiger charge is 2.26. The zero-order valence-corrected chi connectivity index (χ0v) is 12.5. The van der Waals surface area contributed by atoms with Crippen LogP contribution < -0.4 is 5.32 Å². The number of rotatable bonds is 3. The van der Waals surface area contributed by atoms with Gasteiger partial charge >= 0.3 is 0 Å². The van der Waals surface area contributed by atoms with E-state index >= 15 is 0 Å². The summed E-state index contributed by atoms with van der Waals surface area (Å²) in [7, 11) is 0. The minimum atomic E-state index is -0.477. The molecule has 2 heterocycles. The molecule has 9 heteroatoms. The number of nitro benzene ring substituents is 1. The van der Waals surface area contributed by atoms with E-state index in [1.54, 1.807) is 17.0 Å². The first-order chi connectivity index (χ1) is 11.1. The van der Waals surface area contributed by atoms with Crippen LogP contribution >= 0.6 is 0 Å². The summed E-state index contributed by atoms with van der Waals surface area (Å²) in [6.07, 6.45) is 1.50. The summed E-state index contributed by atoms with van der Waals surface area (Å²) >= 11 is 0. The van der Waals surface area contributed by atoms with Gasteiger partial charge in [0.2, 0.25) is 0 Å². The molecule has 0 aliphatic carbocycles. The van der Waals surface area contributed by atoms with Crippen molar-refractivity contribution in [2.45, 2.75) is 13.0 Å². The first-order valence-electron chi connectivity index (χ1n) is 7.25. The molecule has 3 rings (SSSR count). The highest BCUT2D eigenvalue weighted by atomic mass is 16.6. The molecule has 0 saturated carbocycles. The van der Waals surface area contributed by atoms with E-state index in [1.165, 1.54) is 23.0 Å². The van der Waals surface area contributed by atoms with Crippen molar-refractivity contribution in [3.05, 3.63) is 46.3 Å². The standard InChI is InChI=1S/C14H16N6O3/c1-10-8-15-5-6-18(10)14(21)13-9-19(17-16-13)11-3-2-4-12(7-11)20(22)23/h2-4,7,9-10,15H,5-6,8H2,1H3/t10-/m1/s1. The molecule has 1 saturated heterocycles. The second-order valence-electron chi connectivity index (χ2n) is 5.38. The number of hydrogen-bond acceptors (Lipinski definition) is 6. The average molecular weight is 316 g/mol. The summed E-state index contributed by atoms with van der Waals surface area (Å²) in [5, 5.41) is 21.9. The van der Waals surface area contributed by atoms with Gasteiger partial charge in [-0.05, 0) is 13.0 Å². The Morgan fingerprint density at radius 3 is 3.04 bits per heavy atom. The second-order valence-corrected chi connectivity index (χ2v) is 5.38. The number of benzene rings is 1. The molecule has 0 spiro atoms. The van der Waals surface area contributed by atoms with Crippen LogP contribution in [0, 0.1) is 10.1 Å². The monoisotopic (exact) mass is 316 g/mol. The second kappa shape index (κ2) is 6.13. The van der Waals surface area contributed by atoms with Crippen LogP contribution in [-0.4, -0.2) is 56.4 Å². The molecule has 1 aromatic heterocycles. The molecule has 1 aliphatic rings. The predicted molar refractivity (Wildman–Crippen MR) is 81.4 cm³/mol. The molecule has 1 atom stereocenters. The number of non-ortho nitro benzene ring substituents is 1. The number of nitrogens with one attached hydrogen (secondary N) is 1. The fraction of sp³-hybridized carbons (Fsp3) is 0.357. The van der Waals surface area contributed by atoms with Gasteiger partial charge in [-0.15, -0.1) is 5.10 Å². The predicted octanol–water partition coefficient (Wildman–Crippen LogP) is 0.609. The van der Waals surface area contributed by atoms with Gasteiger partial charge in [-0.3, -0.25) is 14.9 Å². The van der Waals surface area contributed by atoms with E-state index in [2.05, 4.69) is 15.6 Å². The zero-order valence-electron chi connectivity index (χ0n) is 12.5. The minimum absolute atomic E-state index is 0.0402. The molecule has 120 valence electrons. The Bertz CT molecular complexity index is 744. The lowest BCUT2D eigenvalue weighted by molar-refractivity contribution is -0.384. The third kappa shape index (κ3) is 3.04. The molecule has 1 fully saturated rings. The fourth-order valence-corrected chi connectivity index (χ4v) is 2.53. The van der Waals surface area contributed by atoms with Gasteiger partial charge in [0, 0.05) is 37.8 Å². The Morgan fingerprint density at radius 1 is 1.48 bits per heavy atom. The molecule has 1 aliphatic heterocycles. The SMILES string of the molecule is C[C@@H]1CNCCN1C(=O)c1cn(-c2cccc([N+](=O)[O-])c2)nn1. The number of amides is 1. The maximum atomic E-state index is 12.5. The van der Waals surface area contributed by atoms with Crippen molar-refractivity contribution < 1.29 is 9.72 Å². The molecule has 0 unspecified atom stereocenters. The molecular formula is C14H16N6O3. The molecule has 2 aromatic rings. The van der Waals surface area contributed by atoms with E-state index < -0.39 is 4.92 Å². The van der Waals surface area contributed by atoms with Crippen LogP contribution in [0.5, 0.6) is 0 Å². The van der Waals surface area contributed by atoms with E-state index in [4.69, 9.17) is 0 Å². The number of aromatic nitrogens is 3. The molecule has 1 amide bonds. The molecular weight excluding hydrogens is 300 g/mol. The number of hydrogen-bond donors (Lipinski definition) is 1. The fourth-order valence-electron chi connectivity index (χ4n) is 2.53. The van der Waals surface area contributed by atoms with Crippen molar-refractivity contribution in [2.75, 3.05) is 19.6 Å². The lowest BCUT2D eigenvalue weighted by atomic mass is 10.2. The molecule has 0 radical (unpaired) electrons. The third-order valence-electron chi connectivity index (χ3n) is 3.78. The topological polar surface area (TPSA) is 106 Å². The van der Waals surface area contributed by atoms with Crippen molar-refractivity contribution in [1.29, 1.82) is 0 Å². The van der Waals surface area contributed by atoms with Crippen molar-refractivity contribution >= 4 is 11.6 Å². The summed E-state index contributed by atoms with van der Waals surface area (Å²) in [6, 6.07) is 6.10. The first-order valence-corrected chi connectivity index (χ1v) is 7.25. The van der Waals surface area contributed by atoms with Gasteiger partial charge in [0.1, 0.15) is 0 Å². The molecule has 0 bridgehead atoms. The van der Waals surface area contributed by atoms with Gasteiger partial charge in [0.15, 0.2) is 5.69 Å². The summed E-state index contributed by atoms with van der Waals surface area (Å²) in [4.78, 5) is 24.6. The normalized spacial score (nSPS) is 18.0. The Kier molecular flexibility index (Phi) is 4.02. The highest BCUT2D eigenvalue weighted by Crippen LogP contribution is 2.16. The van der Waals surface area contributed by atoms with Gasteiger partial charge in [-0.25, -0.2) is 4.68 Å². The first kappa shape index (κ1) is 15.1. The number of nitro groups is 1. The minimum Gasteiger partial charge on any atom is -0.332 e. The van der Waals surface area contributed by atoms with Crippen LogP contribution in [0.25, 0.3) is 5.69 Å². The third-order valence-corrected chi connectivity index (χ3v) is 3.78. The summed E-state index contributed by atoms with van der Waals surface area (Å²) in [5.41, 5.74) is 0.672. The van der Waals surface area contributed by atoms with E-state index in [-0.39, 0.29) is 23.3 Å². The maximum absolute atomic E-state index is 12.5. The molecule has 23 heavy (non-hydrogen) atoms. The molecule has 9 nitrogen and oxygen atoms in total. The van der Waals surface area contributed by atoms with Crippen LogP contribution in [0.1, 0.15) is 17.4 Å². The van der Waals surface area contributed by atoms with Crippen molar-refractivity contribution in [2.24, 2.45) is 0 Å². The molecule has 1 N–H and O–H groups in total. The lowest BCUT2D eigenvalue weighted by Gasteiger charge is -2.33. The highest BCUT2D eigenvalue weighted by molar-refractivity contribution is 5.92. The summed E-state index contributed by atoms with van der Waals surface area (Å²) < 4.78 is 1.37. The van der Waals surface area contributed by atoms with Crippen LogP contribution in [0.4, 0.5) is 5.69 Å². The smallest absolute Gasteiger partial charge is 0.276 e. The van der Waals surface area contributed by atoms with Gasteiger partial charge in [-0.2, -0.15) is 0 Å². The van der Waals surface area contributed by atoms with Crippen molar-refractivity contribution in [1.82, 2.24) is 25.2 Å². The van der Waals surface area contributed by atoms with Crippen LogP contribution in [0.2, 0.25) is 0 Å². The number of carbonyl (C=O) groups is 1. The Labute approximate surface area is 132 Å². The van der Waals surface area contributed by atoms with Crippen LogP contribution in [0.15, 0.2) is 30.5 Å². The Balaban J connectivity index is 1.84. The molecule has 1 aromatic carbocycles. The average Bonchev–Trinajstić information content (AvgIpc) is 3.05. The maximum Gasteiger partial charge on any atom is 0.276 e. The quantitative estimate of drug-likeness (QED) is 0.657. The Hall–Kier alpha value is -2.81. The largest absolute Gasteiger partial charge is 0.332 e. The van der Waals surface area contributed by atoms with Crippen LogP contribution in [-0.2, 0) is 0 Å². The summed E-state index contributed by atoms with van der Waals surface area (Å²) in [5.74, 6) is -0.185. The van der Waals surface area contributed by atoms with Gasteiger partial charge in [0.05, 0.1) is 16.8 Å². The van der Waals surface area contributed by atoms with Gasteiger partial charge in [-0.1, -0.05) is 11.3 Å². The number of nitrogens with zero attached hydrogens (tertiary/aromatic N) is 5. The van der Waals surface area contributed by atoms with Crippen LogP contribution in [0.3, 0.4) is 0 Å². The summed E-state index contributed by atoms with van der Waals surface area (Å²) in [6.45, 7) is 4.07. The van der Waals surface area contributed by atoms with E-state index in [9.17, 15) is 14.9 Å². The lowest BCUT2D eigenvalue weighted by Crippen LogP contribution is -2.52. The zero-order chi connectivity index (χ0) is 16.4. The van der Waals surface area contributed by atoms with Gasteiger partial charge < -0.3 is 10.2 Å².